The third kappa shape index (κ3) is 3.01. The highest BCUT2D eigenvalue weighted by Crippen LogP contribution is 2.10. The first-order valence-corrected chi connectivity index (χ1v) is 5.34. The van der Waals surface area contributed by atoms with Crippen molar-refractivity contribution in [1.82, 2.24) is 0 Å². The molecule has 0 amide bonds. The highest BCUT2D eigenvalue weighted by atomic mass is 32.2. The maximum atomic E-state index is 10.5. The molecule has 1 rings (SSSR count). The molecule has 4 nitrogen and oxygen atoms in total. The minimum Gasteiger partial charge on any atom is -0.394 e. The molecule has 0 fully saturated rings. The van der Waals surface area contributed by atoms with Gasteiger partial charge in [-0.05, 0) is 25.1 Å². The number of hydrogen-bond donors (Lipinski definition) is 3. The van der Waals surface area contributed by atoms with Crippen molar-refractivity contribution >= 4 is 16.4 Å². The molecule has 1 aromatic rings. The van der Waals surface area contributed by atoms with Crippen molar-refractivity contribution in [2.24, 2.45) is 0 Å². The van der Waals surface area contributed by atoms with Crippen LogP contribution in [0.5, 0.6) is 0 Å². The van der Waals surface area contributed by atoms with Gasteiger partial charge in [0.15, 0.2) is 10.7 Å². The number of hydrogen-bond acceptors (Lipinski definition) is 4. The highest BCUT2D eigenvalue weighted by Gasteiger charge is 2.00. The SMILES string of the molecule is CC(CO)Nc1[c]cc([SH](=O)=O)cc1. The normalized spacial score (nSPS) is 12.8. The summed E-state index contributed by atoms with van der Waals surface area (Å²) >= 11 is 0. The second kappa shape index (κ2) is 4.97. The quantitative estimate of drug-likeness (QED) is 0.629. The van der Waals surface area contributed by atoms with Crippen LogP contribution >= 0.6 is 0 Å². The van der Waals surface area contributed by atoms with E-state index in [1.165, 1.54) is 12.1 Å². The van der Waals surface area contributed by atoms with Gasteiger partial charge in [-0.3, -0.25) is 0 Å². The molecule has 0 aliphatic heterocycles. The molecule has 0 bridgehead atoms. The van der Waals surface area contributed by atoms with Gasteiger partial charge in [0, 0.05) is 17.8 Å². The van der Waals surface area contributed by atoms with Crippen molar-refractivity contribution in [2.75, 3.05) is 11.9 Å². The van der Waals surface area contributed by atoms with Gasteiger partial charge in [-0.1, -0.05) is 0 Å². The summed E-state index contributed by atoms with van der Waals surface area (Å²) in [6.07, 6.45) is 0. The van der Waals surface area contributed by atoms with Crippen LogP contribution in [0.4, 0.5) is 5.69 Å². The molecule has 0 heterocycles. The van der Waals surface area contributed by atoms with Crippen molar-refractivity contribution in [3.05, 3.63) is 24.3 Å². The molecule has 1 atom stereocenters. The van der Waals surface area contributed by atoms with Crippen LogP contribution < -0.4 is 5.32 Å². The van der Waals surface area contributed by atoms with E-state index in [1.54, 1.807) is 6.07 Å². The summed E-state index contributed by atoms with van der Waals surface area (Å²) in [6, 6.07) is 7.22. The molecule has 5 heteroatoms. The van der Waals surface area contributed by atoms with Crippen LogP contribution in [0.25, 0.3) is 0 Å². The molecule has 2 N–H and O–H groups in total. The fourth-order valence-corrected chi connectivity index (χ4v) is 1.30. The molecule has 1 radical (unpaired) electrons. The van der Waals surface area contributed by atoms with Crippen molar-refractivity contribution in [2.45, 2.75) is 17.9 Å². The first-order chi connectivity index (χ1) is 6.63. The van der Waals surface area contributed by atoms with E-state index in [2.05, 4.69) is 11.4 Å². The summed E-state index contributed by atoms with van der Waals surface area (Å²) in [5.41, 5.74) is 0.673. The number of aliphatic hydroxyl groups is 1. The molecule has 77 valence electrons. The standard InChI is InChI=1S/C9H12NO3S/c1-7(6-11)10-8-2-4-9(5-3-8)14(12)13/h2,4-5,7,10-11,14H,6H2,1H3. The molecule has 0 saturated carbocycles. The molecule has 14 heavy (non-hydrogen) atoms. The molecular formula is C9H12NO3S. The van der Waals surface area contributed by atoms with Crippen LogP contribution in [-0.2, 0) is 10.7 Å². The number of aliphatic hydroxyl groups excluding tert-OH is 1. The molecule has 0 saturated heterocycles. The molecule has 1 aromatic carbocycles. The second-order valence-corrected chi connectivity index (χ2v) is 3.98. The van der Waals surface area contributed by atoms with E-state index in [4.69, 9.17) is 5.11 Å². The Balaban J connectivity index is 2.73. The summed E-state index contributed by atoms with van der Waals surface area (Å²) in [5, 5.41) is 11.7. The van der Waals surface area contributed by atoms with Gasteiger partial charge in [0.25, 0.3) is 0 Å². The van der Waals surface area contributed by atoms with Gasteiger partial charge in [0.1, 0.15) is 0 Å². The van der Waals surface area contributed by atoms with Gasteiger partial charge in [-0.15, -0.1) is 0 Å². The minimum absolute atomic E-state index is 0.0193. The van der Waals surface area contributed by atoms with Crippen LogP contribution in [-0.4, -0.2) is 26.2 Å². The van der Waals surface area contributed by atoms with Crippen LogP contribution in [0.15, 0.2) is 23.1 Å². The van der Waals surface area contributed by atoms with Crippen molar-refractivity contribution in [3.63, 3.8) is 0 Å². The average molecular weight is 214 g/mol. The van der Waals surface area contributed by atoms with Crippen LogP contribution in [0.1, 0.15) is 6.92 Å². The lowest BCUT2D eigenvalue weighted by molar-refractivity contribution is 0.281. The highest BCUT2D eigenvalue weighted by molar-refractivity contribution is 7.72. The van der Waals surface area contributed by atoms with E-state index in [0.29, 0.717) is 5.69 Å². The second-order valence-electron chi connectivity index (χ2n) is 2.95. The zero-order valence-electron chi connectivity index (χ0n) is 7.73. The van der Waals surface area contributed by atoms with E-state index in [-0.39, 0.29) is 17.5 Å². The number of anilines is 1. The van der Waals surface area contributed by atoms with Gasteiger partial charge in [0.05, 0.1) is 11.5 Å². The van der Waals surface area contributed by atoms with E-state index in [1.807, 2.05) is 6.92 Å². The van der Waals surface area contributed by atoms with Gasteiger partial charge in [-0.25, -0.2) is 8.42 Å². The van der Waals surface area contributed by atoms with E-state index in [9.17, 15) is 8.42 Å². The zero-order chi connectivity index (χ0) is 10.6. The number of rotatable bonds is 4. The predicted molar refractivity (Wildman–Crippen MR) is 54.0 cm³/mol. The molecule has 0 aliphatic rings. The summed E-state index contributed by atoms with van der Waals surface area (Å²) in [5.74, 6) is 0. The third-order valence-electron chi connectivity index (χ3n) is 1.68. The molecular weight excluding hydrogens is 202 g/mol. The Labute approximate surface area is 84.5 Å². The monoisotopic (exact) mass is 214 g/mol. The molecule has 1 unspecified atom stereocenters. The minimum atomic E-state index is -2.54. The van der Waals surface area contributed by atoms with Gasteiger partial charge in [0.2, 0.25) is 0 Å². The topological polar surface area (TPSA) is 66.4 Å². The average Bonchev–Trinajstić information content (AvgIpc) is 2.18. The Bertz CT molecular complexity index is 351. The first-order valence-electron chi connectivity index (χ1n) is 4.17. The Kier molecular flexibility index (Phi) is 3.91. The van der Waals surface area contributed by atoms with Gasteiger partial charge < -0.3 is 10.4 Å². The van der Waals surface area contributed by atoms with Crippen LogP contribution in [0.3, 0.4) is 0 Å². The largest absolute Gasteiger partial charge is 0.394 e. The van der Waals surface area contributed by atoms with Crippen LogP contribution in [0, 0.1) is 6.07 Å². The van der Waals surface area contributed by atoms with Gasteiger partial charge >= 0.3 is 0 Å². The lowest BCUT2D eigenvalue weighted by atomic mass is 10.3. The molecule has 0 aromatic heterocycles. The fourth-order valence-electron chi connectivity index (χ4n) is 0.931. The molecule has 0 spiro atoms. The van der Waals surface area contributed by atoms with Crippen molar-refractivity contribution < 1.29 is 13.5 Å². The maximum Gasteiger partial charge on any atom is 0.168 e. The Hall–Kier alpha value is -1.07. The third-order valence-corrected chi connectivity index (χ3v) is 2.38. The predicted octanol–water partition coefficient (Wildman–Crippen LogP) is 0.250. The fraction of sp³-hybridized carbons (Fsp3) is 0.333. The van der Waals surface area contributed by atoms with Crippen molar-refractivity contribution in [3.8, 4) is 0 Å². The smallest absolute Gasteiger partial charge is 0.168 e. The summed E-state index contributed by atoms with van der Waals surface area (Å²) in [6.45, 7) is 1.83. The summed E-state index contributed by atoms with van der Waals surface area (Å²) in [7, 11) is -2.54. The molecule has 0 aliphatic carbocycles. The van der Waals surface area contributed by atoms with E-state index < -0.39 is 10.7 Å². The lowest BCUT2D eigenvalue weighted by Gasteiger charge is -2.11. The zero-order valence-corrected chi connectivity index (χ0v) is 8.62. The first kappa shape index (κ1) is 11.0. The van der Waals surface area contributed by atoms with Crippen LogP contribution in [0.2, 0.25) is 0 Å². The van der Waals surface area contributed by atoms with E-state index >= 15 is 0 Å². The summed E-state index contributed by atoms with van der Waals surface area (Å²) < 4.78 is 21.1. The Morgan fingerprint density at radius 3 is 2.71 bits per heavy atom. The number of benzene rings is 1. The summed E-state index contributed by atoms with van der Waals surface area (Å²) in [4.78, 5) is 0.238. The Morgan fingerprint density at radius 1 is 1.57 bits per heavy atom. The van der Waals surface area contributed by atoms with Crippen molar-refractivity contribution in [1.29, 1.82) is 0 Å². The number of thiol groups is 1. The maximum absolute atomic E-state index is 10.5. The Morgan fingerprint density at radius 2 is 2.29 bits per heavy atom. The van der Waals surface area contributed by atoms with E-state index in [0.717, 1.165) is 0 Å². The van der Waals surface area contributed by atoms with Gasteiger partial charge in [-0.2, -0.15) is 0 Å². The number of nitrogens with one attached hydrogen (secondary N) is 1. The lowest BCUT2D eigenvalue weighted by Crippen LogP contribution is -2.19.